The lowest BCUT2D eigenvalue weighted by atomic mass is 9.68. The number of aliphatic carboxylic acids is 1. The minimum atomic E-state index is -1.09. The van der Waals surface area contributed by atoms with Crippen molar-refractivity contribution >= 4 is 5.97 Å². The first-order valence-electron chi connectivity index (χ1n) is 24.1. The number of aromatic hydroxyl groups is 1. The molecule has 4 aliphatic rings. The molecule has 0 bridgehead atoms. The maximum absolute atomic E-state index is 14.8. The summed E-state index contributed by atoms with van der Waals surface area (Å²) in [6.45, 7) is 4.73. The number of rotatable bonds is 18. The monoisotopic (exact) mass is 829 g/mol. The molecule has 0 amide bonds. The number of carboxylic acid groups (broad SMARTS) is 1. The summed E-state index contributed by atoms with van der Waals surface area (Å²) in [7, 11) is 0. The zero-order valence-electron chi connectivity index (χ0n) is 36.4. The highest BCUT2D eigenvalue weighted by Gasteiger charge is 2.34. The molecule has 6 rings (SSSR count). The van der Waals surface area contributed by atoms with Crippen LogP contribution in [0.3, 0.4) is 0 Å². The second-order valence-electron chi connectivity index (χ2n) is 19.1. The fourth-order valence-corrected chi connectivity index (χ4v) is 11.5. The highest BCUT2D eigenvalue weighted by Crippen LogP contribution is 2.47. The quantitative estimate of drug-likeness (QED) is 0.116. The van der Waals surface area contributed by atoms with Crippen LogP contribution < -0.4 is 4.74 Å². The first-order valence-corrected chi connectivity index (χ1v) is 24.1. The number of benzene rings is 2. The minimum Gasteiger partial charge on any atom is -0.505 e. The fraction of sp³-hybridized carbons (Fsp3) is 0.745. The third-order valence-corrected chi connectivity index (χ3v) is 15.2. The number of halogens is 4. The van der Waals surface area contributed by atoms with Crippen LogP contribution in [0.4, 0.5) is 17.6 Å². The molecule has 0 aromatic heterocycles. The maximum atomic E-state index is 14.8. The summed E-state index contributed by atoms with van der Waals surface area (Å²) in [6, 6.07) is 6.09. The van der Waals surface area contributed by atoms with E-state index in [4.69, 9.17) is 9.84 Å². The van der Waals surface area contributed by atoms with Crippen molar-refractivity contribution in [2.24, 2.45) is 35.5 Å². The molecule has 4 fully saturated rings. The van der Waals surface area contributed by atoms with E-state index in [0.29, 0.717) is 24.0 Å². The smallest absolute Gasteiger partial charge is 0.303 e. The lowest BCUT2D eigenvalue weighted by molar-refractivity contribution is -0.137. The standard InChI is InChI=1S/C28H42F2O3.C23H34F2O/c1-2-3-4-7-20-9-11-21(12-10-20)22-13-15-23(16-14-22)24-17-18-25(28(30)27(24)29)33-19-6-5-8-26(31)32;1-2-3-4-5-16-6-8-17(9-7-16)18-10-12-19(13-11-18)20-14-15-21(26)23(25)22(20)24/h17-18,20-23H,2-16,19H2,1H3,(H,31,32);14-19,26H,2-13H2,1H3. The summed E-state index contributed by atoms with van der Waals surface area (Å²) in [5.74, 6) is 0.127. The number of phenolic OH excluding ortho intramolecular Hbond substituents is 1. The van der Waals surface area contributed by atoms with E-state index < -0.39 is 35.0 Å². The molecule has 2 N–H and O–H groups in total. The first-order chi connectivity index (χ1) is 28.6. The lowest BCUT2D eigenvalue weighted by Crippen LogP contribution is -2.25. The van der Waals surface area contributed by atoms with Gasteiger partial charge in [0, 0.05) is 6.42 Å². The second-order valence-corrected chi connectivity index (χ2v) is 19.1. The summed E-state index contributed by atoms with van der Waals surface area (Å²) < 4.78 is 62.5. The van der Waals surface area contributed by atoms with Crippen molar-refractivity contribution in [2.45, 2.75) is 199 Å². The summed E-state index contributed by atoms with van der Waals surface area (Å²) in [5, 5.41) is 18.0. The fourth-order valence-electron chi connectivity index (χ4n) is 11.5. The summed E-state index contributed by atoms with van der Waals surface area (Å²) in [4.78, 5) is 10.5. The zero-order valence-corrected chi connectivity index (χ0v) is 36.4. The average Bonchev–Trinajstić information content (AvgIpc) is 3.25. The largest absolute Gasteiger partial charge is 0.505 e. The van der Waals surface area contributed by atoms with Crippen LogP contribution in [0.1, 0.15) is 210 Å². The Morgan fingerprint density at radius 1 is 0.542 bits per heavy atom. The van der Waals surface area contributed by atoms with Gasteiger partial charge in [-0.25, -0.2) is 8.78 Å². The zero-order chi connectivity index (χ0) is 42.1. The molecule has 4 nitrogen and oxygen atoms in total. The molecule has 0 unspecified atom stereocenters. The normalized spacial score (nSPS) is 27.4. The van der Waals surface area contributed by atoms with E-state index >= 15 is 0 Å². The molecule has 0 saturated heterocycles. The summed E-state index contributed by atoms with van der Waals surface area (Å²) >= 11 is 0. The van der Waals surface area contributed by atoms with Crippen LogP contribution in [0.25, 0.3) is 0 Å². The van der Waals surface area contributed by atoms with Crippen LogP contribution in [0.2, 0.25) is 0 Å². The molecular formula is C51H76F4O4. The molecule has 8 heteroatoms. The van der Waals surface area contributed by atoms with Gasteiger partial charge in [0.15, 0.2) is 23.1 Å². The molecule has 4 aliphatic carbocycles. The van der Waals surface area contributed by atoms with Crippen LogP contribution in [0.5, 0.6) is 11.5 Å². The Labute approximate surface area is 353 Å². The molecule has 0 spiro atoms. The number of carbonyl (C=O) groups is 1. The van der Waals surface area contributed by atoms with Gasteiger partial charge in [-0.3, -0.25) is 4.79 Å². The number of carboxylic acids is 1. The van der Waals surface area contributed by atoms with E-state index in [1.165, 1.54) is 115 Å². The summed E-state index contributed by atoms with van der Waals surface area (Å²) in [6.07, 6.45) is 31.2. The van der Waals surface area contributed by atoms with Crippen molar-refractivity contribution in [3.05, 3.63) is 58.7 Å². The van der Waals surface area contributed by atoms with Gasteiger partial charge in [0.2, 0.25) is 11.6 Å². The molecule has 0 heterocycles. The van der Waals surface area contributed by atoms with E-state index in [0.717, 1.165) is 86.9 Å². The van der Waals surface area contributed by atoms with Crippen LogP contribution in [-0.2, 0) is 4.79 Å². The Hall–Kier alpha value is -2.77. The van der Waals surface area contributed by atoms with Crippen molar-refractivity contribution in [1.82, 2.24) is 0 Å². The number of hydrogen-bond donors (Lipinski definition) is 2. The molecule has 59 heavy (non-hydrogen) atoms. The predicted molar refractivity (Wildman–Crippen MR) is 230 cm³/mol. The van der Waals surface area contributed by atoms with Crippen LogP contribution in [0.15, 0.2) is 24.3 Å². The topological polar surface area (TPSA) is 66.8 Å². The predicted octanol–water partition coefficient (Wildman–Crippen LogP) is 15.6. The van der Waals surface area contributed by atoms with Crippen molar-refractivity contribution in [1.29, 1.82) is 0 Å². The molecule has 2 aromatic carbocycles. The Bertz CT molecular complexity index is 1530. The van der Waals surface area contributed by atoms with E-state index in [-0.39, 0.29) is 30.6 Å². The number of unbranched alkanes of at least 4 members (excludes halogenated alkanes) is 5. The highest BCUT2D eigenvalue weighted by atomic mass is 19.2. The van der Waals surface area contributed by atoms with Crippen LogP contribution in [-0.4, -0.2) is 22.8 Å². The van der Waals surface area contributed by atoms with Crippen molar-refractivity contribution in [2.75, 3.05) is 6.61 Å². The van der Waals surface area contributed by atoms with Gasteiger partial charge >= 0.3 is 5.97 Å². The SMILES string of the molecule is CCCCCC1CCC(C2CCC(c3ccc(O)c(F)c3F)CC2)CC1.CCCCCC1CCC(C2CCC(c3ccc(OCCCCC(=O)O)c(F)c3F)CC2)CC1. The molecule has 4 saturated carbocycles. The average molecular weight is 829 g/mol. The summed E-state index contributed by atoms with van der Waals surface area (Å²) in [5.41, 5.74) is 0.946. The van der Waals surface area contributed by atoms with E-state index in [2.05, 4.69) is 13.8 Å². The van der Waals surface area contributed by atoms with E-state index in [9.17, 15) is 27.5 Å². The Morgan fingerprint density at radius 2 is 0.966 bits per heavy atom. The Kier molecular flexibility index (Phi) is 19.7. The molecule has 0 atom stereocenters. The number of ether oxygens (including phenoxy) is 1. The highest BCUT2D eigenvalue weighted by molar-refractivity contribution is 5.66. The van der Waals surface area contributed by atoms with E-state index in [1.54, 1.807) is 12.1 Å². The Morgan fingerprint density at radius 3 is 1.41 bits per heavy atom. The van der Waals surface area contributed by atoms with Gasteiger partial charge in [-0.05, 0) is 160 Å². The van der Waals surface area contributed by atoms with Gasteiger partial charge in [0.25, 0.3) is 0 Å². The van der Waals surface area contributed by atoms with Crippen molar-refractivity contribution in [3.8, 4) is 11.5 Å². The van der Waals surface area contributed by atoms with Gasteiger partial charge < -0.3 is 14.9 Å². The van der Waals surface area contributed by atoms with Crippen molar-refractivity contribution in [3.63, 3.8) is 0 Å². The van der Waals surface area contributed by atoms with Gasteiger partial charge in [-0.15, -0.1) is 0 Å². The Balaban J connectivity index is 0.000000230. The van der Waals surface area contributed by atoms with E-state index in [1.807, 2.05) is 0 Å². The third kappa shape index (κ3) is 14.1. The molecule has 332 valence electrons. The van der Waals surface area contributed by atoms with Crippen LogP contribution in [0, 0.1) is 58.8 Å². The number of hydrogen-bond acceptors (Lipinski definition) is 3. The van der Waals surface area contributed by atoms with Gasteiger partial charge in [-0.1, -0.05) is 103 Å². The second kappa shape index (κ2) is 24.6. The van der Waals surface area contributed by atoms with Crippen LogP contribution >= 0.6 is 0 Å². The maximum Gasteiger partial charge on any atom is 0.303 e. The molecule has 0 aliphatic heterocycles. The third-order valence-electron chi connectivity index (χ3n) is 15.2. The van der Waals surface area contributed by atoms with Gasteiger partial charge in [-0.2, -0.15) is 8.78 Å². The van der Waals surface area contributed by atoms with Gasteiger partial charge in [0.1, 0.15) is 0 Å². The molecule has 2 aromatic rings. The molecule has 0 radical (unpaired) electrons. The molecular weight excluding hydrogens is 753 g/mol. The number of phenols is 1. The lowest BCUT2D eigenvalue weighted by Gasteiger charge is -2.38. The first kappa shape index (κ1) is 47.3. The minimum absolute atomic E-state index is 0.0578. The van der Waals surface area contributed by atoms with Crippen molar-refractivity contribution < 1.29 is 37.3 Å². The van der Waals surface area contributed by atoms with Gasteiger partial charge in [0.05, 0.1) is 6.61 Å².